The van der Waals surface area contributed by atoms with E-state index in [0.29, 0.717) is 0 Å². The van der Waals surface area contributed by atoms with Gasteiger partial charge in [-0.25, -0.2) is 4.39 Å². The standard InChI is InChI=1S/C8H8F4N2/c9-6-4(2-1-3-5(6)13)7(14)8(10,11)12/h1-3,7H,13-14H2. The topological polar surface area (TPSA) is 52.0 Å². The fraction of sp³-hybridized carbons (Fsp3) is 0.250. The Morgan fingerprint density at radius 1 is 1.21 bits per heavy atom. The number of hydrogen-bond donors (Lipinski definition) is 2. The molecular weight excluding hydrogens is 200 g/mol. The highest BCUT2D eigenvalue weighted by molar-refractivity contribution is 5.44. The largest absolute Gasteiger partial charge is 0.407 e. The lowest BCUT2D eigenvalue weighted by Gasteiger charge is -2.16. The molecule has 1 rings (SSSR count). The van der Waals surface area contributed by atoms with Crippen LogP contribution in [0.5, 0.6) is 0 Å². The van der Waals surface area contributed by atoms with Gasteiger partial charge in [-0.05, 0) is 6.07 Å². The molecule has 0 radical (unpaired) electrons. The summed E-state index contributed by atoms with van der Waals surface area (Å²) in [5, 5.41) is 0. The molecular formula is C8H8F4N2. The van der Waals surface area contributed by atoms with E-state index >= 15 is 0 Å². The molecule has 0 saturated heterocycles. The fourth-order valence-electron chi connectivity index (χ4n) is 0.985. The minimum Gasteiger partial charge on any atom is -0.396 e. The zero-order valence-electron chi connectivity index (χ0n) is 6.98. The van der Waals surface area contributed by atoms with Crippen molar-refractivity contribution in [1.82, 2.24) is 0 Å². The molecule has 0 aromatic heterocycles. The molecule has 1 aromatic carbocycles. The van der Waals surface area contributed by atoms with Crippen LogP contribution >= 0.6 is 0 Å². The highest BCUT2D eigenvalue weighted by Gasteiger charge is 2.39. The van der Waals surface area contributed by atoms with Gasteiger partial charge in [0.1, 0.15) is 6.04 Å². The summed E-state index contributed by atoms with van der Waals surface area (Å²) in [6.45, 7) is 0. The SMILES string of the molecule is Nc1cccc(C(N)C(F)(F)F)c1F. The van der Waals surface area contributed by atoms with E-state index in [0.717, 1.165) is 6.07 Å². The van der Waals surface area contributed by atoms with Crippen LogP contribution in [0.3, 0.4) is 0 Å². The Labute approximate surface area is 77.5 Å². The van der Waals surface area contributed by atoms with Gasteiger partial charge in [0.15, 0.2) is 5.82 Å². The van der Waals surface area contributed by atoms with E-state index in [4.69, 9.17) is 11.5 Å². The lowest BCUT2D eigenvalue weighted by Crippen LogP contribution is -2.29. The molecule has 4 N–H and O–H groups in total. The molecule has 2 nitrogen and oxygen atoms in total. The fourth-order valence-corrected chi connectivity index (χ4v) is 0.985. The summed E-state index contributed by atoms with van der Waals surface area (Å²) in [7, 11) is 0. The van der Waals surface area contributed by atoms with Crippen molar-refractivity contribution in [2.75, 3.05) is 5.73 Å². The van der Waals surface area contributed by atoms with Crippen LogP contribution in [-0.2, 0) is 0 Å². The van der Waals surface area contributed by atoms with Crippen molar-refractivity contribution in [3.8, 4) is 0 Å². The van der Waals surface area contributed by atoms with Crippen LogP contribution in [0, 0.1) is 5.82 Å². The molecule has 14 heavy (non-hydrogen) atoms. The molecule has 0 amide bonds. The van der Waals surface area contributed by atoms with E-state index in [1.807, 2.05) is 0 Å². The summed E-state index contributed by atoms with van der Waals surface area (Å²) in [5.41, 5.74) is 8.94. The highest BCUT2D eigenvalue weighted by atomic mass is 19.4. The molecule has 1 aromatic rings. The number of nitrogen functional groups attached to an aromatic ring is 1. The number of nitrogens with two attached hydrogens (primary N) is 2. The van der Waals surface area contributed by atoms with E-state index in [9.17, 15) is 17.6 Å². The van der Waals surface area contributed by atoms with Crippen LogP contribution in [-0.4, -0.2) is 6.18 Å². The summed E-state index contributed by atoms with van der Waals surface area (Å²) >= 11 is 0. The third-order valence-electron chi connectivity index (χ3n) is 1.75. The van der Waals surface area contributed by atoms with Gasteiger partial charge >= 0.3 is 6.18 Å². The number of alkyl halides is 3. The van der Waals surface area contributed by atoms with Crippen LogP contribution in [0.15, 0.2) is 18.2 Å². The number of hydrogen-bond acceptors (Lipinski definition) is 2. The van der Waals surface area contributed by atoms with Crippen molar-refractivity contribution in [1.29, 1.82) is 0 Å². The van der Waals surface area contributed by atoms with E-state index in [2.05, 4.69) is 0 Å². The minimum absolute atomic E-state index is 0.345. The van der Waals surface area contributed by atoms with Crippen molar-refractivity contribution in [3.63, 3.8) is 0 Å². The van der Waals surface area contributed by atoms with Crippen molar-refractivity contribution >= 4 is 5.69 Å². The first-order valence-corrected chi connectivity index (χ1v) is 3.70. The maximum atomic E-state index is 13.1. The first-order chi connectivity index (χ1) is 6.34. The lowest BCUT2D eigenvalue weighted by molar-refractivity contribution is -0.149. The van der Waals surface area contributed by atoms with Gasteiger partial charge < -0.3 is 11.5 Å². The quantitative estimate of drug-likeness (QED) is 0.547. The second-order valence-electron chi connectivity index (χ2n) is 2.77. The zero-order chi connectivity index (χ0) is 10.9. The van der Waals surface area contributed by atoms with Gasteiger partial charge in [0.05, 0.1) is 5.69 Å². The molecule has 1 atom stereocenters. The van der Waals surface area contributed by atoms with Crippen LogP contribution in [0.1, 0.15) is 11.6 Å². The van der Waals surface area contributed by atoms with Crippen molar-refractivity contribution in [2.24, 2.45) is 5.73 Å². The summed E-state index contributed by atoms with van der Waals surface area (Å²) in [5.74, 6) is -1.11. The molecule has 0 bridgehead atoms. The second kappa shape index (κ2) is 3.45. The Morgan fingerprint density at radius 3 is 2.29 bits per heavy atom. The van der Waals surface area contributed by atoms with Gasteiger partial charge in [0.25, 0.3) is 0 Å². The van der Waals surface area contributed by atoms with E-state index in [-0.39, 0.29) is 5.69 Å². The van der Waals surface area contributed by atoms with E-state index < -0.39 is 23.6 Å². The van der Waals surface area contributed by atoms with Crippen LogP contribution in [0.4, 0.5) is 23.2 Å². The molecule has 0 aliphatic carbocycles. The molecule has 0 saturated carbocycles. The molecule has 0 fully saturated rings. The first kappa shape index (κ1) is 10.8. The third kappa shape index (κ3) is 1.95. The predicted molar refractivity (Wildman–Crippen MR) is 43.8 cm³/mol. The third-order valence-corrected chi connectivity index (χ3v) is 1.75. The van der Waals surface area contributed by atoms with Gasteiger partial charge in [-0.2, -0.15) is 13.2 Å². The Morgan fingerprint density at radius 2 is 1.79 bits per heavy atom. The van der Waals surface area contributed by atoms with Crippen LogP contribution in [0.2, 0.25) is 0 Å². The van der Waals surface area contributed by atoms with Crippen molar-refractivity contribution in [2.45, 2.75) is 12.2 Å². The van der Waals surface area contributed by atoms with Crippen molar-refractivity contribution < 1.29 is 17.6 Å². The average Bonchev–Trinajstić information content (AvgIpc) is 2.07. The number of anilines is 1. The average molecular weight is 208 g/mol. The number of benzene rings is 1. The lowest BCUT2D eigenvalue weighted by atomic mass is 10.1. The van der Waals surface area contributed by atoms with Gasteiger partial charge in [0, 0.05) is 5.56 Å². The zero-order valence-corrected chi connectivity index (χ0v) is 6.98. The van der Waals surface area contributed by atoms with Gasteiger partial charge in [0.2, 0.25) is 0 Å². The van der Waals surface area contributed by atoms with Crippen LogP contribution in [0.25, 0.3) is 0 Å². The first-order valence-electron chi connectivity index (χ1n) is 3.70. The number of halogens is 4. The van der Waals surface area contributed by atoms with Gasteiger partial charge in [-0.1, -0.05) is 12.1 Å². The van der Waals surface area contributed by atoms with Crippen LogP contribution < -0.4 is 11.5 Å². The van der Waals surface area contributed by atoms with E-state index in [1.54, 1.807) is 0 Å². The Hall–Kier alpha value is -1.30. The normalized spacial score (nSPS) is 14.1. The monoisotopic (exact) mass is 208 g/mol. The van der Waals surface area contributed by atoms with Crippen molar-refractivity contribution in [3.05, 3.63) is 29.6 Å². The molecule has 1 unspecified atom stereocenters. The maximum absolute atomic E-state index is 13.1. The molecule has 0 aliphatic heterocycles. The highest BCUT2D eigenvalue weighted by Crippen LogP contribution is 2.32. The minimum atomic E-state index is -4.67. The summed E-state index contributed by atoms with van der Waals surface area (Å²) in [6.07, 6.45) is -4.67. The predicted octanol–water partition coefficient (Wildman–Crippen LogP) is 1.97. The Balaban J connectivity index is 3.14. The summed E-state index contributed by atoms with van der Waals surface area (Å²) < 4.78 is 49.4. The molecule has 0 spiro atoms. The molecule has 0 aliphatic rings. The summed E-state index contributed by atoms with van der Waals surface area (Å²) in [4.78, 5) is 0. The molecule has 0 heterocycles. The Kier molecular flexibility index (Phi) is 2.66. The van der Waals surface area contributed by atoms with E-state index in [1.165, 1.54) is 12.1 Å². The summed E-state index contributed by atoms with van der Waals surface area (Å²) in [6, 6.07) is 1.01. The Bertz CT molecular complexity index is 335. The van der Waals surface area contributed by atoms with Gasteiger partial charge in [-0.3, -0.25) is 0 Å². The smallest absolute Gasteiger partial charge is 0.396 e. The maximum Gasteiger partial charge on any atom is 0.407 e. The molecule has 6 heteroatoms. The molecule has 78 valence electrons. The van der Waals surface area contributed by atoms with Gasteiger partial charge in [-0.15, -0.1) is 0 Å². The second-order valence-corrected chi connectivity index (χ2v) is 2.77. The number of rotatable bonds is 1.